The van der Waals surface area contributed by atoms with E-state index in [4.69, 9.17) is 0 Å². The van der Waals surface area contributed by atoms with Crippen LogP contribution in [0.25, 0.3) is 0 Å². The van der Waals surface area contributed by atoms with Crippen molar-refractivity contribution in [2.45, 2.75) is 51.0 Å². The molecule has 114 valence electrons. The second kappa shape index (κ2) is 6.61. The van der Waals surface area contributed by atoms with Gasteiger partial charge < -0.3 is 5.11 Å². The third-order valence-corrected chi connectivity index (χ3v) is 4.88. The highest BCUT2D eigenvalue weighted by molar-refractivity contribution is 5.68. The SMILES string of the molecule is O=C(O)CC(c1ccccc1CN1CCCCC1)C1CC1. The Hall–Kier alpha value is -1.35. The van der Waals surface area contributed by atoms with Gasteiger partial charge in [-0.1, -0.05) is 30.7 Å². The molecule has 2 aliphatic rings. The molecule has 0 amide bonds. The van der Waals surface area contributed by atoms with Crippen LogP contribution < -0.4 is 0 Å². The van der Waals surface area contributed by atoms with E-state index in [2.05, 4.69) is 29.2 Å². The first kappa shape index (κ1) is 14.6. The second-order valence-corrected chi connectivity index (χ2v) is 6.58. The molecule has 0 bridgehead atoms. The molecular formula is C18H25NO2. The molecule has 1 saturated carbocycles. The zero-order valence-electron chi connectivity index (χ0n) is 12.6. The molecule has 3 nitrogen and oxygen atoms in total. The number of carboxylic acid groups (broad SMARTS) is 1. The van der Waals surface area contributed by atoms with E-state index >= 15 is 0 Å². The van der Waals surface area contributed by atoms with E-state index in [-0.39, 0.29) is 12.3 Å². The maximum atomic E-state index is 11.2. The van der Waals surface area contributed by atoms with Crippen molar-refractivity contribution in [1.82, 2.24) is 4.90 Å². The summed E-state index contributed by atoms with van der Waals surface area (Å²) in [5, 5.41) is 9.22. The van der Waals surface area contributed by atoms with Crippen molar-refractivity contribution < 1.29 is 9.90 Å². The number of rotatable bonds is 6. The first-order chi connectivity index (χ1) is 10.2. The minimum atomic E-state index is -0.667. The van der Waals surface area contributed by atoms with E-state index in [1.807, 2.05) is 0 Å². The van der Waals surface area contributed by atoms with Crippen LogP contribution in [0.3, 0.4) is 0 Å². The van der Waals surface area contributed by atoms with Gasteiger partial charge in [0.05, 0.1) is 6.42 Å². The number of carboxylic acids is 1. The summed E-state index contributed by atoms with van der Waals surface area (Å²) in [5.74, 6) is 0.131. The molecule has 1 atom stereocenters. The number of carbonyl (C=O) groups is 1. The maximum Gasteiger partial charge on any atom is 0.303 e. The van der Waals surface area contributed by atoms with E-state index in [0.29, 0.717) is 5.92 Å². The molecule has 21 heavy (non-hydrogen) atoms. The minimum absolute atomic E-state index is 0.212. The van der Waals surface area contributed by atoms with E-state index < -0.39 is 5.97 Å². The van der Waals surface area contributed by atoms with Crippen molar-refractivity contribution in [3.63, 3.8) is 0 Å². The fraction of sp³-hybridized carbons (Fsp3) is 0.611. The van der Waals surface area contributed by atoms with Crippen LogP contribution in [-0.2, 0) is 11.3 Å². The molecule has 0 aromatic heterocycles. The van der Waals surface area contributed by atoms with Crippen LogP contribution >= 0.6 is 0 Å². The number of benzene rings is 1. The van der Waals surface area contributed by atoms with Gasteiger partial charge in [0.25, 0.3) is 0 Å². The Morgan fingerprint density at radius 1 is 1.19 bits per heavy atom. The first-order valence-electron chi connectivity index (χ1n) is 8.26. The predicted octanol–water partition coefficient (Wildman–Crippen LogP) is 3.64. The highest BCUT2D eigenvalue weighted by atomic mass is 16.4. The highest BCUT2D eigenvalue weighted by Crippen LogP contribution is 2.45. The fourth-order valence-electron chi connectivity index (χ4n) is 3.62. The monoisotopic (exact) mass is 287 g/mol. The summed E-state index contributed by atoms with van der Waals surface area (Å²) in [6.07, 6.45) is 6.60. The third kappa shape index (κ3) is 3.85. The Morgan fingerprint density at radius 3 is 2.57 bits per heavy atom. The van der Waals surface area contributed by atoms with E-state index in [1.54, 1.807) is 0 Å². The Labute approximate surface area is 127 Å². The summed E-state index contributed by atoms with van der Waals surface area (Å²) < 4.78 is 0. The van der Waals surface area contributed by atoms with Crippen LogP contribution in [0.15, 0.2) is 24.3 Å². The molecule has 1 aromatic rings. The number of hydrogen-bond acceptors (Lipinski definition) is 2. The standard InChI is InChI=1S/C18H25NO2/c20-18(21)12-17(14-8-9-14)16-7-3-2-6-15(16)13-19-10-4-1-5-11-19/h2-3,6-7,14,17H,1,4-5,8-13H2,(H,20,21). The van der Waals surface area contributed by atoms with Crippen LogP contribution in [0.5, 0.6) is 0 Å². The lowest BCUT2D eigenvalue weighted by Crippen LogP contribution is -2.29. The van der Waals surface area contributed by atoms with Gasteiger partial charge >= 0.3 is 5.97 Å². The van der Waals surface area contributed by atoms with Crippen molar-refractivity contribution in [2.75, 3.05) is 13.1 Å². The topological polar surface area (TPSA) is 40.5 Å². The fourth-order valence-corrected chi connectivity index (χ4v) is 3.62. The van der Waals surface area contributed by atoms with Crippen molar-refractivity contribution >= 4 is 5.97 Å². The summed E-state index contributed by atoms with van der Waals surface area (Å²) in [7, 11) is 0. The van der Waals surface area contributed by atoms with Crippen molar-refractivity contribution in [3.8, 4) is 0 Å². The maximum absolute atomic E-state index is 11.2. The molecule has 0 spiro atoms. The number of likely N-dealkylation sites (tertiary alicyclic amines) is 1. The Balaban J connectivity index is 1.78. The van der Waals surface area contributed by atoms with Crippen LogP contribution in [0.4, 0.5) is 0 Å². The highest BCUT2D eigenvalue weighted by Gasteiger charge is 2.34. The van der Waals surface area contributed by atoms with Gasteiger partial charge in [0, 0.05) is 6.54 Å². The molecule has 1 aliphatic heterocycles. The third-order valence-electron chi connectivity index (χ3n) is 4.88. The van der Waals surface area contributed by atoms with Gasteiger partial charge in [-0.2, -0.15) is 0 Å². The first-order valence-corrected chi connectivity index (χ1v) is 8.26. The molecule has 1 saturated heterocycles. The largest absolute Gasteiger partial charge is 0.481 e. The summed E-state index contributed by atoms with van der Waals surface area (Å²) in [5.41, 5.74) is 2.63. The molecule has 3 rings (SSSR count). The van der Waals surface area contributed by atoms with E-state index in [9.17, 15) is 9.90 Å². The van der Waals surface area contributed by atoms with Crippen molar-refractivity contribution in [3.05, 3.63) is 35.4 Å². The van der Waals surface area contributed by atoms with Gasteiger partial charge in [0.2, 0.25) is 0 Å². The average Bonchev–Trinajstić information content (AvgIpc) is 3.31. The molecule has 1 heterocycles. The van der Waals surface area contributed by atoms with Gasteiger partial charge in [-0.15, -0.1) is 0 Å². The molecule has 1 unspecified atom stereocenters. The number of hydrogen-bond donors (Lipinski definition) is 1. The molecule has 2 fully saturated rings. The van der Waals surface area contributed by atoms with Gasteiger partial charge in [-0.3, -0.25) is 9.69 Å². The van der Waals surface area contributed by atoms with Crippen LogP contribution in [0, 0.1) is 5.92 Å². The van der Waals surface area contributed by atoms with E-state index in [0.717, 1.165) is 6.54 Å². The minimum Gasteiger partial charge on any atom is -0.481 e. The molecular weight excluding hydrogens is 262 g/mol. The molecule has 1 N–H and O–H groups in total. The molecule has 1 aromatic carbocycles. The van der Waals surface area contributed by atoms with Gasteiger partial charge in [0.15, 0.2) is 0 Å². The van der Waals surface area contributed by atoms with Crippen LogP contribution in [-0.4, -0.2) is 29.1 Å². The Kier molecular flexibility index (Phi) is 4.59. The number of piperidine rings is 1. The molecule has 0 radical (unpaired) electrons. The van der Waals surface area contributed by atoms with Gasteiger partial charge in [-0.25, -0.2) is 0 Å². The lowest BCUT2D eigenvalue weighted by molar-refractivity contribution is -0.137. The lowest BCUT2D eigenvalue weighted by atomic mass is 9.87. The Morgan fingerprint density at radius 2 is 1.90 bits per heavy atom. The summed E-state index contributed by atoms with van der Waals surface area (Å²) in [4.78, 5) is 13.7. The average molecular weight is 287 g/mol. The van der Waals surface area contributed by atoms with Gasteiger partial charge in [-0.05, 0) is 61.7 Å². The lowest BCUT2D eigenvalue weighted by Gasteiger charge is -2.28. The van der Waals surface area contributed by atoms with Crippen LogP contribution in [0.1, 0.15) is 55.6 Å². The van der Waals surface area contributed by atoms with Gasteiger partial charge in [0.1, 0.15) is 0 Å². The second-order valence-electron chi connectivity index (χ2n) is 6.58. The summed E-state index contributed by atoms with van der Waals surface area (Å²) in [6.45, 7) is 3.35. The van der Waals surface area contributed by atoms with Crippen molar-refractivity contribution in [1.29, 1.82) is 0 Å². The number of nitrogens with zero attached hydrogens (tertiary/aromatic N) is 1. The van der Waals surface area contributed by atoms with E-state index in [1.165, 1.54) is 56.3 Å². The molecule has 3 heteroatoms. The predicted molar refractivity (Wildman–Crippen MR) is 83.3 cm³/mol. The normalized spacial score (nSPS) is 21.1. The zero-order chi connectivity index (χ0) is 14.7. The summed E-state index contributed by atoms with van der Waals surface area (Å²) in [6, 6.07) is 8.51. The summed E-state index contributed by atoms with van der Waals surface area (Å²) >= 11 is 0. The van der Waals surface area contributed by atoms with Crippen LogP contribution in [0.2, 0.25) is 0 Å². The molecule has 1 aliphatic carbocycles. The smallest absolute Gasteiger partial charge is 0.303 e. The quantitative estimate of drug-likeness (QED) is 0.868. The zero-order valence-corrected chi connectivity index (χ0v) is 12.6. The Bertz CT molecular complexity index is 490. The van der Waals surface area contributed by atoms with Crippen molar-refractivity contribution in [2.24, 2.45) is 5.92 Å². The number of aliphatic carboxylic acids is 1.